The molecule has 0 amide bonds. The van der Waals surface area contributed by atoms with Crippen LogP contribution >= 0.6 is 0 Å². The van der Waals surface area contributed by atoms with Gasteiger partial charge in [-0.3, -0.25) is 0 Å². The van der Waals surface area contributed by atoms with Gasteiger partial charge in [-0.15, -0.1) is 0 Å². The third-order valence-corrected chi connectivity index (χ3v) is 4.53. The summed E-state index contributed by atoms with van der Waals surface area (Å²) in [6, 6.07) is 19.8. The number of fused-ring (bicyclic) bond motifs is 1. The number of halogens is 1. The van der Waals surface area contributed by atoms with E-state index in [1.54, 1.807) is 12.1 Å². The minimum absolute atomic E-state index is 0.167. The topological polar surface area (TPSA) is 53.1 Å². The minimum Gasteiger partial charge on any atom is -0.477 e. The summed E-state index contributed by atoms with van der Waals surface area (Å²) in [4.78, 5) is 14.8. The van der Waals surface area contributed by atoms with E-state index in [0.29, 0.717) is 5.56 Å². The Morgan fingerprint density at radius 1 is 0.885 bits per heavy atom. The van der Waals surface area contributed by atoms with Crippen LogP contribution in [0.15, 0.2) is 66.7 Å². The number of carboxylic acids is 1. The normalized spacial score (nSPS) is 11.0. The maximum absolute atomic E-state index is 13.1. The average molecular weight is 345 g/mol. The monoisotopic (exact) mass is 345 g/mol. The van der Waals surface area contributed by atoms with E-state index in [9.17, 15) is 14.3 Å². The number of aromatic nitrogens is 1. The van der Waals surface area contributed by atoms with E-state index in [4.69, 9.17) is 0 Å². The maximum atomic E-state index is 13.1. The van der Waals surface area contributed by atoms with Crippen molar-refractivity contribution in [3.8, 4) is 22.3 Å². The number of aryl methyl sites for hydroxylation is 1. The van der Waals surface area contributed by atoms with Crippen LogP contribution in [0.4, 0.5) is 4.39 Å². The molecule has 0 fully saturated rings. The van der Waals surface area contributed by atoms with Crippen molar-refractivity contribution in [3.05, 3.63) is 83.8 Å². The molecule has 3 aromatic carbocycles. The highest BCUT2D eigenvalue weighted by atomic mass is 19.1. The molecule has 0 unspecified atom stereocenters. The number of aromatic amines is 1. The van der Waals surface area contributed by atoms with Gasteiger partial charge < -0.3 is 10.1 Å². The summed E-state index contributed by atoms with van der Waals surface area (Å²) in [5, 5.41) is 10.5. The number of aromatic carboxylic acids is 1. The Morgan fingerprint density at radius 3 is 2.15 bits per heavy atom. The molecule has 0 bridgehead atoms. The Hall–Kier alpha value is -3.40. The number of hydrogen-bond acceptors (Lipinski definition) is 1. The quantitative estimate of drug-likeness (QED) is 0.504. The SMILES string of the molecule is Cc1ccc(-c2c(C(=O)O)[nH]c3cc(-c4ccc(F)cc4)ccc23)cc1. The highest BCUT2D eigenvalue weighted by Crippen LogP contribution is 2.35. The number of carboxylic acid groups (broad SMARTS) is 1. The molecule has 0 saturated heterocycles. The molecular formula is C22H16FNO2. The first kappa shape index (κ1) is 16.1. The fourth-order valence-corrected chi connectivity index (χ4v) is 3.20. The lowest BCUT2D eigenvalue weighted by molar-refractivity contribution is 0.0692. The van der Waals surface area contributed by atoms with E-state index in [1.165, 1.54) is 12.1 Å². The van der Waals surface area contributed by atoms with Crippen LogP contribution in [0.3, 0.4) is 0 Å². The van der Waals surface area contributed by atoms with E-state index in [0.717, 1.165) is 33.2 Å². The summed E-state index contributed by atoms with van der Waals surface area (Å²) in [5.41, 5.74) is 5.32. The molecule has 128 valence electrons. The van der Waals surface area contributed by atoms with Crippen molar-refractivity contribution >= 4 is 16.9 Å². The lowest BCUT2D eigenvalue weighted by Crippen LogP contribution is -1.98. The summed E-state index contributed by atoms with van der Waals surface area (Å²) in [6.45, 7) is 1.99. The molecule has 0 saturated carbocycles. The Balaban J connectivity index is 1.91. The third kappa shape index (κ3) is 2.75. The van der Waals surface area contributed by atoms with Crippen molar-refractivity contribution in [2.75, 3.05) is 0 Å². The van der Waals surface area contributed by atoms with Crippen molar-refractivity contribution in [2.45, 2.75) is 6.92 Å². The smallest absolute Gasteiger partial charge is 0.352 e. The van der Waals surface area contributed by atoms with Gasteiger partial charge in [0.25, 0.3) is 0 Å². The first-order chi connectivity index (χ1) is 12.5. The van der Waals surface area contributed by atoms with E-state index >= 15 is 0 Å². The fraction of sp³-hybridized carbons (Fsp3) is 0.0455. The molecule has 0 aliphatic rings. The fourth-order valence-electron chi connectivity index (χ4n) is 3.20. The molecule has 26 heavy (non-hydrogen) atoms. The number of hydrogen-bond donors (Lipinski definition) is 2. The highest BCUT2D eigenvalue weighted by Gasteiger charge is 2.19. The van der Waals surface area contributed by atoms with Gasteiger partial charge in [0.2, 0.25) is 0 Å². The number of carbonyl (C=O) groups is 1. The molecule has 0 aliphatic carbocycles. The van der Waals surface area contributed by atoms with Crippen molar-refractivity contribution in [1.29, 1.82) is 0 Å². The van der Waals surface area contributed by atoms with Crippen LogP contribution in [0.5, 0.6) is 0 Å². The Labute approximate surface area is 149 Å². The van der Waals surface area contributed by atoms with Gasteiger partial charge in [0.15, 0.2) is 0 Å². The van der Waals surface area contributed by atoms with Crippen LogP contribution in [0.25, 0.3) is 33.2 Å². The van der Waals surface area contributed by atoms with E-state index in [2.05, 4.69) is 4.98 Å². The Bertz CT molecular complexity index is 1110. The van der Waals surface area contributed by atoms with Gasteiger partial charge >= 0.3 is 5.97 Å². The summed E-state index contributed by atoms with van der Waals surface area (Å²) in [5.74, 6) is -1.29. The molecule has 0 atom stereocenters. The molecule has 0 aliphatic heterocycles. The van der Waals surface area contributed by atoms with Crippen LogP contribution in [-0.2, 0) is 0 Å². The van der Waals surface area contributed by atoms with Crippen LogP contribution in [0.2, 0.25) is 0 Å². The molecule has 2 N–H and O–H groups in total. The van der Waals surface area contributed by atoms with Crippen LogP contribution in [0, 0.1) is 12.7 Å². The number of nitrogens with one attached hydrogen (secondary N) is 1. The Morgan fingerprint density at radius 2 is 1.50 bits per heavy atom. The van der Waals surface area contributed by atoms with Crippen LogP contribution in [-0.4, -0.2) is 16.1 Å². The zero-order chi connectivity index (χ0) is 18.3. The van der Waals surface area contributed by atoms with Gasteiger partial charge in [0, 0.05) is 16.5 Å². The second-order valence-corrected chi connectivity index (χ2v) is 6.31. The van der Waals surface area contributed by atoms with E-state index in [-0.39, 0.29) is 11.5 Å². The molecule has 0 radical (unpaired) electrons. The van der Waals surface area contributed by atoms with Crippen molar-refractivity contribution in [1.82, 2.24) is 4.98 Å². The largest absolute Gasteiger partial charge is 0.477 e. The minimum atomic E-state index is -1.000. The number of rotatable bonds is 3. The van der Waals surface area contributed by atoms with Crippen molar-refractivity contribution < 1.29 is 14.3 Å². The zero-order valence-corrected chi connectivity index (χ0v) is 14.1. The lowest BCUT2D eigenvalue weighted by Gasteiger charge is -2.04. The van der Waals surface area contributed by atoms with Gasteiger partial charge in [0.05, 0.1) is 0 Å². The second kappa shape index (κ2) is 6.15. The standard InChI is InChI=1S/C22H16FNO2/c1-13-2-4-15(5-3-13)20-18-11-8-16(14-6-9-17(23)10-7-14)12-19(18)24-21(20)22(25)26/h2-12,24H,1H3,(H,25,26). The highest BCUT2D eigenvalue weighted by molar-refractivity contribution is 6.08. The molecule has 4 heteroatoms. The van der Waals surface area contributed by atoms with Crippen LogP contribution < -0.4 is 0 Å². The molecule has 0 spiro atoms. The van der Waals surface area contributed by atoms with Gasteiger partial charge in [-0.05, 0) is 41.8 Å². The zero-order valence-electron chi connectivity index (χ0n) is 14.1. The molecule has 4 aromatic rings. The third-order valence-electron chi connectivity index (χ3n) is 4.53. The van der Waals surface area contributed by atoms with Gasteiger partial charge in [0.1, 0.15) is 11.5 Å². The summed E-state index contributed by atoms with van der Waals surface area (Å²) >= 11 is 0. The maximum Gasteiger partial charge on any atom is 0.352 e. The second-order valence-electron chi connectivity index (χ2n) is 6.31. The molecule has 1 heterocycles. The average Bonchev–Trinajstić information content (AvgIpc) is 3.02. The number of H-pyrrole nitrogens is 1. The molecule has 4 rings (SSSR count). The number of benzene rings is 3. The van der Waals surface area contributed by atoms with Gasteiger partial charge in [-0.1, -0.05) is 54.1 Å². The molecule has 3 nitrogen and oxygen atoms in total. The van der Waals surface area contributed by atoms with Gasteiger partial charge in [-0.2, -0.15) is 0 Å². The molecular weight excluding hydrogens is 329 g/mol. The predicted octanol–water partition coefficient (Wildman–Crippen LogP) is 5.65. The predicted molar refractivity (Wildman–Crippen MR) is 101 cm³/mol. The van der Waals surface area contributed by atoms with Crippen molar-refractivity contribution in [2.24, 2.45) is 0 Å². The summed E-state index contributed by atoms with van der Waals surface area (Å²) in [6.07, 6.45) is 0. The van der Waals surface area contributed by atoms with E-state index in [1.807, 2.05) is 49.4 Å². The molecule has 1 aromatic heterocycles. The Kier molecular flexibility index (Phi) is 3.81. The van der Waals surface area contributed by atoms with E-state index < -0.39 is 5.97 Å². The van der Waals surface area contributed by atoms with Crippen molar-refractivity contribution in [3.63, 3.8) is 0 Å². The first-order valence-corrected chi connectivity index (χ1v) is 8.25. The van der Waals surface area contributed by atoms with Gasteiger partial charge in [-0.25, -0.2) is 9.18 Å². The first-order valence-electron chi connectivity index (χ1n) is 8.25. The lowest BCUT2D eigenvalue weighted by atomic mass is 9.98. The summed E-state index contributed by atoms with van der Waals surface area (Å²) in [7, 11) is 0. The van der Waals surface area contributed by atoms with Crippen LogP contribution in [0.1, 0.15) is 16.1 Å². The summed E-state index contributed by atoms with van der Waals surface area (Å²) < 4.78 is 13.1.